The smallest absolute Gasteiger partial charge is 0.0931 e. The van der Waals surface area contributed by atoms with Crippen LogP contribution in [0.3, 0.4) is 0 Å². The standard InChI is InChI=1S/C10H8.2C7H6N2.3C3H4N2/c1-2-6-10-8-4-3-7-9(10)5-1;1-2-4-7-6(3-1)8-5-9-7;1-2-4-7-6(3-1)5-8-9-7;2*1-2-5-3-4-1;1-2-4-5-3-1/h1-8H;2*1-5H,(H,8,9);3*1-3H,(H,4,5). The van der Waals surface area contributed by atoms with Crippen molar-refractivity contribution in [1.82, 2.24) is 50.3 Å². The minimum Gasteiger partial charge on any atom is -0.351 e. The number of H-pyrrole nitrogens is 5. The summed E-state index contributed by atoms with van der Waals surface area (Å²) in [6.07, 6.45) is 17.1. The number of imidazole rings is 3. The number of hydrogen-bond acceptors (Lipinski definition) is 5. The zero-order valence-electron chi connectivity index (χ0n) is 23.3. The molecule has 0 aliphatic heterocycles. The minimum absolute atomic E-state index is 1.03. The fraction of sp³-hybridized carbons (Fsp3) is 0. The molecule has 0 unspecified atom stereocenters. The van der Waals surface area contributed by atoms with Crippen molar-refractivity contribution in [3.8, 4) is 0 Å². The molecule has 43 heavy (non-hydrogen) atoms. The minimum atomic E-state index is 1.03. The fourth-order valence-corrected chi connectivity index (χ4v) is 3.54. The van der Waals surface area contributed by atoms with Crippen molar-refractivity contribution in [1.29, 1.82) is 0 Å². The van der Waals surface area contributed by atoms with E-state index >= 15 is 0 Å². The fourth-order valence-electron chi connectivity index (χ4n) is 3.54. The lowest BCUT2D eigenvalue weighted by Gasteiger charge is -1.92. The van der Waals surface area contributed by atoms with Crippen LogP contribution in [0.25, 0.3) is 32.7 Å². The Morgan fingerprint density at radius 3 is 1.49 bits per heavy atom. The third-order valence-electron chi connectivity index (χ3n) is 5.55. The summed E-state index contributed by atoms with van der Waals surface area (Å²) in [6, 6.07) is 34.5. The lowest BCUT2D eigenvalue weighted by atomic mass is 10.1. The number of fused-ring (bicyclic) bond motifs is 3. The predicted octanol–water partition coefficient (Wildman–Crippen LogP) is 7.19. The van der Waals surface area contributed by atoms with Gasteiger partial charge >= 0.3 is 0 Å². The van der Waals surface area contributed by atoms with E-state index in [0.717, 1.165) is 21.9 Å². The van der Waals surface area contributed by atoms with Crippen LogP contribution in [0.2, 0.25) is 0 Å². The third kappa shape index (κ3) is 11.0. The average molecular weight is 569 g/mol. The molecule has 0 atom stereocenters. The van der Waals surface area contributed by atoms with Gasteiger partial charge < -0.3 is 15.0 Å². The number of para-hydroxylation sites is 3. The summed E-state index contributed by atoms with van der Waals surface area (Å²) in [6.45, 7) is 0. The van der Waals surface area contributed by atoms with Crippen LogP contribution in [-0.2, 0) is 0 Å². The highest BCUT2D eigenvalue weighted by Crippen LogP contribution is 2.11. The van der Waals surface area contributed by atoms with Crippen LogP contribution in [-0.4, -0.2) is 50.3 Å². The van der Waals surface area contributed by atoms with Gasteiger partial charge in [-0.25, -0.2) is 15.0 Å². The first-order valence-electron chi connectivity index (χ1n) is 13.4. The van der Waals surface area contributed by atoms with E-state index in [-0.39, 0.29) is 0 Å². The van der Waals surface area contributed by atoms with E-state index < -0.39 is 0 Å². The summed E-state index contributed by atoms with van der Waals surface area (Å²) >= 11 is 0. The number of nitrogens with zero attached hydrogens (tertiary/aromatic N) is 5. The molecule has 0 aliphatic rings. The maximum Gasteiger partial charge on any atom is 0.0931 e. The molecule has 5 aromatic heterocycles. The topological polar surface area (TPSA) is 143 Å². The first-order valence-corrected chi connectivity index (χ1v) is 13.4. The van der Waals surface area contributed by atoms with Crippen LogP contribution in [0.1, 0.15) is 0 Å². The zero-order valence-corrected chi connectivity index (χ0v) is 23.3. The van der Waals surface area contributed by atoms with Crippen molar-refractivity contribution >= 4 is 32.7 Å². The molecule has 214 valence electrons. The van der Waals surface area contributed by atoms with Crippen LogP contribution in [0.5, 0.6) is 0 Å². The summed E-state index contributed by atoms with van der Waals surface area (Å²) in [4.78, 5) is 19.9. The van der Waals surface area contributed by atoms with Crippen LogP contribution in [0, 0.1) is 0 Å². The Morgan fingerprint density at radius 1 is 0.465 bits per heavy atom. The Morgan fingerprint density at radius 2 is 1.05 bits per heavy atom. The number of aromatic nitrogens is 10. The molecule has 10 heteroatoms. The highest BCUT2D eigenvalue weighted by atomic mass is 15.1. The molecule has 0 bridgehead atoms. The molecule has 5 N–H and O–H groups in total. The van der Waals surface area contributed by atoms with E-state index in [2.05, 4.69) is 98.8 Å². The van der Waals surface area contributed by atoms with Gasteiger partial charge in [0.15, 0.2) is 0 Å². The Balaban J connectivity index is 0.000000121. The molecule has 10 nitrogen and oxygen atoms in total. The maximum absolute atomic E-state index is 4.06. The predicted molar refractivity (Wildman–Crippen MR) is 172 cm³/mol. The quantitative estimate of drug-likeness (QED) is 0.131. The van der Waals surface area contributed by atoms with Crippen molar-refractivity contribution in [2.24, 2.45) is 0 Å². The van der Waals surface area contributed by atoms with E-state index in [4.69, 9.17) is 0 Å². The van der Waals surface area contributed by atoms with Gasteiger partial charge in [-0.3, -0.25) is 10.2 Å². The summed E-state index contributed by atoms with van der Waals surface area (Å²) in [5.41, 5.74) is 3.22. The Labute approximate surface area is 248 Å². The number of nitrogens with one attached hydrogen (secondary N) is 5. The molecule has 5 heterocycles. The maximum atomic E-state index is 4.06. The van der Waals surface area contributed by atoms with Crippen LogP contribution in [0.4, 0.5) is 0 Å². The molecule has 0 radical (unpaired) electrons. The zero-order chi connectivity index (χ0) is 29.6. The largest absolute Gasteiger partial charge is 0.351 e. The Kier molecular flexibility index (Phi) is 12.5. The van der Waals surface area contributed by atoms with E-state index in [9.17, 15) is 0 Å². The number of rotatable bonds is 0. The van der Waals surface area contributed by atoms with Gasteiger partial charge in [0, 0.05) is 42.6 Å². The van der Waals surface area contributed by atoms with Crippen molar-refractivity contribution in [3.63, 3.8) is 0 Å². The molecule has 9 aromatic rings. The number of aromatic amines is 5. The van der Waals surface area contributed by atoms with Gasteiger partial charge in [-0.2, -0.15) is 10.2 Å². The average Bonchev–Trinajstić information content (AvgIpc) is 3.94. The molecule has 9 rings (SSSR count). The van der Waals surface area contributed by atoms with Gasteiger partial charge in [-0.05, 0) is 35.0 Å². The second-order valence-electron chi connectivity index (χ2n) is 8.51. The second kappa shape index (κ2) is 18.1. The summed E-state index contributed by atoms with van der Waals surface area (Å²) < 4.78 is 0. The lowest BCUT2D eigenvalue weighted by Crippen LogP contribution is -1.67. The summed E-state index contributed by atoms with van der Waals surface area (Å²) in [5.74, 6) is 0. The third-order valence-corrected chi connectivity index (χ3v) is 5.55. The van der Waals surface area contributed by atoms with Crippen LogP contribution in [0.15, 0.2) is 165 Å². The summed E-state index contributed by atoms with van der Waals surface area (Å²) in [7, 11) is 0. The molecule has 0 aliphatic carbocycles. The van der Waals surface area contributed by atoms with Crippen molar-refractivity contribution in [3.05, 3.63) is 165 Å². The van der Waals surface area contributed by atoms with Gasteiger partial charge in [-0.1, -0.05) is 78.9 Å². The molecule has 0 amide bonds. The van der Waals surface area contributed by atoms with Crippen LogP contribution < -0.4 is 0 Å². The molecule has 0 saturated carbocycles. The van der Waals surface area contributed by atoms with E-state index in [1.165, 1.54) is 10.8 Å². The Hall–Kier alpha value is -6.29. The SMILES string of the molecule is c1c[nH]cn1.c1c[nH]cn1.c1ccc2[nH]cnc2c1.c1ccc2[nH]ncc2c1.c1ccc2ccccc2c1.c1cn[nH]c1. The Bertz CT molecular complexity index is 1580. The monoisotopic (exact) mass is 568 g/mol. The normalized spacial score (nSPS) is 9.40. The molecule has 0 fully saturated rings. The second-order valence-corrected chi connectivity index (χ2v) is 8.51. The number of hydrogen-bond donors (Lipinski definition) is 5. The molecule has 0 saturated heterocycles. The molecular weight excluding hydrogens is 536 g/mol. The van der Waals surface area contributed by atoms with Gasteiger partial charge in [0.05, 0.1) is 41.7 Å². The summed E-state index contributed by atoms with van der Waals surface area (Å²) in [5, 5.41) is 16.7. The van der Waals surface area contributed by atoms with Gasteiger partial charge in [-0.15, -0.1) is 0 Å². The molecule has 0 spiro atoms. The number of benzene rings is 4. The van der Waals surface area contributed by atoms with Crippen LogP contribution >= 0.6 is 0 Å². The van der Waals surface area contributed by atoms with E-state index in [0.29, 0.717) is 0 Å². The molecular formula is C33H32N10. The van der Waals surface area contributed by atoms with E-state index in [1.807, 2.05) is 60.8 Å². The first-order chi connectivity index (χ1) is 21.4. The first kappa shape index (κ1) is 29.7. The van der Waals surface area contributed by atoms with Gasteiger partial charge in [0.1, 0.15) is 0 Å². The van der Waals surface area contributed by atoms with Gasteiger partial charge in [0.2, 0.25) is 0 Å². The molecule has 4 aromatic carbocycles. The highest BCUT2D eigenvalue weighted by molar-refractivity contribution is 5.82. The van der Waals surface area contributed by atoms with Crippen molar-refractivity contribution < 1.29 is 0 Å². The van der Waals surface area contributed by atoms with E-state index in [1.54, 1.807) is 56.2 Å². The van der Waals surface area contributed by atoms with Crippen molar-refractivity contribution in [2.45, 2.75) is 0 Å². The van der Waals surface area contributed by atoms with Gasteiger partial charge in [0.25, 0.3) is 0 Å². The highest BCUT2D eigenvalue weighted by Gasteiger charge is 1.89. The van der Waals surface area contributed by atoms with Crippen molar-refractivity contribution in [2.75, 3.05) is 0 Å². The lowest BCUT2D eigenvalue weighted by molar-refractivity contribution is 1.09.